The van der Waals surface area contributed by atoms with Crippen molar-refractivity contribution in [1.29, 1.82) is 0 Å². The van der Waals surface area contributed by atoms with Crippen LogP contribution in [0.15, 0.2) is 29.4 Å². The summed E-state index contributed by atoms with van der Waals surface area (Å²) in [6.07, 6.45) is 5.99. The molecule has 0 unspecified atom stereocenters. The molecule has 6 nitrogen and oxygen atoms in total. The molecule has 0 radical (unpaired) electrons. The Kier molecular flexibility index (Phi) is 5.04. The van der Waals surface area contributed by atoms with Crippen LogP contribution in [0.3, 0.4) is 0 Å². The van der Waals surface area contributed by atoms with Gasteiger partial charge in [0.25, 0.3) is 0 Å². The fourth-order valence-corrected chi connectivity index (χ4v) is 4.07. The predicted molar refractivity (Wildman–Crippen MR) is 95.3 cm³/mol. The lowest BCUT2D eigenvalue weighted by atomic mass is 9.95. The minimum Gasteiger partial charge on any atom is -0.396 e. The first-order chi connectivity index (χ1) is 11.6. The van der Waals surface area contributed by atoms with Gasteiger partial charge in [0.2, 0.25) is 0 Å². The number of urea groups is 1. The van der Waals surface area contributed by atoms with Crippen molar-refractivity contribution in [3.8, 4) is 0 Å². The number of benzene rings is 1. The summed E-state index contributed by atoms with van der Waals surface area (Å²) in [5.74, 6) is 0. The van der Waals surface area contributed by atoms with Gasteiger partial charge in [0, 0.05) is 23.7 Å². The molecule has 2 amide bonds. The van der Waals surface area contributed by atoms with Gasteiger partial charge in [-0.05, 0) is 45.7 Å². The second kappa shape index (κ2) is 7.21. The number of para-hydroxylation sites is 1. The van der Waals surface area contributed by atoms with Crippen LogP contribution in [-0.2, 0) is 4.84 Å². The van der Waals surface area contributed by atoms with Crippen LogP contribution >= 0.6 is 0 Å². The zero-order valence-electron chi connectivity index (χ0n) is 14.4. The van der Waals surface area contributed by atoms with Gasteiger partial charge in [0.15, 0.2) is 0 Å². The molecule has 130 valence electrons. The third-order valence-corrected chi connectivity index (χ3v) is 5.27. The number of piperidine rings is 1. The number of primary amides is 1. The van der Waals surface area contributed by atoms with Crippen LogP contribution in [0.25, 0.3) is 0 Å². The van der Waals surface area contributed by atoms with E-state index in [0.29, 0.717) is 18.7 Å². The van der Waals surface area contributed by atoms with Gasteiger partial charge in [-0.2, -0.15) is 0 Å². The van der Waals surface area contributed by atoms with E-state index >= 15 is 0 Å². The maximum absolute atomic E-state index is 12.3. The van der Waals surface area contributed by atoms with Crippen LogP contribution in [0.4, 0.5) is 10.5 Å². The molecule has 2 aliphatic heterocycles. The Morgan fingerprint density at radius 3 is 2.67 bits per heavy atom. The van der Waals surface area contributed by atoms with Gasteiger partial charge in [0.1, 0.15) is 6.61 Å². The quantitative estimate of drug-likeness (QED) is 0.666. The molecular weight excluding hydrogens is 304 g/mol. The molecule has 2 heterocycles. The summed E-state index contributed by atoms with van der Waals surface area (Å²) < 4.78 is 0. The average Bonchev–Trinajstić information content (AvgIpc) is 2.78. The highest BCUT2D eigenvalue weighted by atomic mass is 16.6. The zero-order chi connectivity index (χ0) is 17.1. The lowest BCUT2D eigenvalue weighted by Gasteiger charge is -2.41. The number of carbonyl (C=O) groups excluding carboxylic acids is 1. The third kappa shape index (κ3) is 3.24. The Morgan fingerprint density at radius 2 is 2.04 bits per heavy atom. The summed E-state index contributed by atoms with van der Waals surface area (Å²) >= 11 is 0. The molecule has 0 aromatic heterocycles. The fraction of sp³-hybridized carbons (Fsp3) is 0.556. The van der Waals surface area contributed by atoms with Crippen molar-refractivity contribution in [3.05, 3.63) is 29.8 Å². The molecule has 3 rings (SSSR count). The normalized spacial score (nSPS) is 26.7. The maximum atomic E-state index is 12.3. The Labute approximate surface area is 143 Å². The van der Waals surface area contributed by atoms with Crippen molar-refractivity contribution in [2.45, 2.75) is 50.7 Å². The lowest BCUT2D eigenvalue weighted by Crippen LogP contribution is -2.52. The van der Waals surface area contributed by atoms with Crippen molar-refractivity contribution in [1.82, 2.24) is 4.90 Å². The van der Waals surface area contributed by atoms with Crippen molar-refractivity contribution in [3.63, 3.8) is 0 Å². The van der Waals surface area contributed by atoms with Crippen LogP contribution in [-0.4, -0.2) is 48.9 Å². The number of nitrogens with zero attached hydrogens (tertiary/aromatic N) is 3. The van der Waals surface area contributed by atoms with Crippen LogP contribution < -0.4 is 10.6 Å². The van der Waals surface area contributed by atoms with E-state index in [1.165, 1.54) is 12.8 Å². The molecule has 24 heavy (non-hydrogen) atoms. The SMILES string of the molecule is CCO/N=C/c1ccccc1N(C(N)=O)[C@H]1C[C@H]2CC[C@@H](C1)N2C. The van der Waals surface area contributed by atoms with Gasteiger partial charge in [-0.1, -0.05) is 23.4 Å². The van der Waals surface area contributed by atoms with E-state index < -0.39 is 6.03 Å². The van der Waals surface area contributed by atoms with E-state index in [9.17, 15) is 4.79 Å². The number of carbonyl (C=O) groups is 1. The lowest BCUT2D eigenvalue weighted by molar-refractivity contribution is 0.159. The highest BCUT2D eigenvalue weighted by molar-refractivity contribution is 5.98. The number of amides is 2. The van der Waals surface area contributed by atoms with E-state index in [0.717, 1.165) is 24.1 Å². The topological polar surface area (TPSA) is 71.2 Å². The Balaban J connectivity index is 1.88. The van der Waals surface area contributed by atoms with Gasteiger partial charge < -0.3 is 15.5 Å². The predicted octanol–water partition coefficient (Wildman–Crippen LogP) is 2.57. The minimum atomic E-state index is -0.402. The third-order valence-electron chi connectivity index (χ3n) is 5.27. The Hall–Kier alpha value is -2.08. The highest BCUT2D eigenvalue weighted by Gasteiger charge is 2.41. The molecule has 2 aliphatic rings. The largest absolute Gasteiger partial charge is 0.396 e. The first kappa shape index (κ1) is 16.8. The van der Waals surface area contributed by atoms with Crippen LogP contribution in [0, 0.1) is 0 Å². The number of oxime groups is 1. The molecule has 2 N–H and O–H groups in total. The number of fused-ring (bicyclic) bond motifs is 2. The number of hydrogen-bond acceptors (Lipinski definition) is 4. The van der Waals surface area contributed by atoms with Crippen molar-refractivity contribution in [2.24, 2.45) is 10.9 Å². The summed E-state index contributed by atoms with van der Waals surface area (Å²) in [7, 11) is 2.19. The van der Waals surface area contributed by atoms with Gasteiger partial charge >= 0.3 is 6.03 Å². The van der Waals surface area contributed by atoms with Crippen LogP contribution in [0.1, 0.15) is 38.2 Å². The van der Waals surface area contributed by atoms with E-state index in [4.69, 9.17) is 10.6 Å². The zero-order valence-corrected chi connectivity index (χ0v) is 14.4. The van der Waals surface area contributed by atoms with E-state index in [1.807, 2.05) is 31.2 Å². The molecule has 1 aromatic rings. The number of hydrogen-bond donors (Lipinski definition) is 1. The molecular formula is C18H26N4O2. The maximum Gasteiger partial charge on any atom is 0.319 e. The van der Waals surface area contributed by atoms with Crippen molar-refractivity contribution in [2.75, 3.05) is 18.6 Å². The molecule has 0 saturated carbocycles. The molecule has 0 spiro atoms. The molecule has 6 heteroatoms. The van der Waals surface area contributed by atoms with Gasteiger partial charge in [-0.15, -0.1) is 0 Å². The fourth-order valence-electron chi connectivity index (χ4n) is 4.07. The molecule has 0 aliphatic carbocycles. The number of anilines is 1. The van der Waals surface area contributed by atoms with E-state index in [1.54, 1.807) is 11.1 Å². The van der Waals surface area contributed by atoms with Crippen molar-refractivity contribution >= 4 is 17.9 Å². The minimum absolute atomic E-state index is 0.137. The summed E-state index contributed by atoms with van der Waals surface area (Å²) in [5.41, 5.74) is 7.42. The van der Waals surface area contributed by atoms with Crippen LogP contribution in [0.2, 0.25) is 0 Å². The summed E-state index contributed by atoms with van der Waals surface area (Å²) in [4.78, 5) is 21.5. The number of nitrogens with two attached hydrogens (primary N) is 1. The van der Waals surface area contributed by atoms with E-state index in [-0.39, 0.29) is 6.04 Å². The second-order valence-corrected chi connectivity index (χ2v) is 6.60. The Bertz CT molecular complexity index is 605. The standard InChI is InChI=1S/C18H26N4O2/c1-3-24-20-12-13-6-4-5-7-17(13)22(18(19)23)16-10-14-8-9-15(11-16)21(14)2/h4-7,12,14-16H,3,8-11H2,1-2H3,(H2,19,23)/b20-12+/t14-,15+,16+. The number of rotatable bonds is 5. The Morgan fingerprint density at radius 1 is 1.38 bits per heavy atom. The molecule has 2 saturated heterocycles. The summed E-state index contributed by atoms with van der Waals surface area (Å²) in [5, 5.41) is 3.95. The van der Waals surface area contributed by atoms with Crippen LogP contribution in [0.5, 0.6) is 0 Å². The van der Waals surface area contributed by atoms with Crippen molar-refractivity contribution < 1.29 is 9.63 Å². The monoisotopic (exact) mass is 330 g/mol. The molecule has 3 atom stereocenters. The molecule has 2 bridgehead atoms. The smallest absolute Gasteiger partial charge is 0.319 e. The first-order valence-corrected chi connectivity index (χ1v) is 8.66. The van der Waals surface area contributed by atoms with Gasteiger partial charge in [-0.25, -0.2) is 4.79 Å². The molecule has 1 aromatic carbocycles. The highest BCUT2D eigenvalue weighted by Crippen LogP contribution is 2.38. The average molecular weight is 330 g/mol. The van der Waals surface area contributed by atoms with Gasteiger partial charge in [0.05, 0.1) is 11.9 Å². The van der Waals surface area contributed by atoms with E-state index in [2.05, 4.69) is 17.1 Å². The van der Waals surface area contributed by atoms with Gasteiger partial charge in [-0.3, -0.25) is 4.90 Å². The summed E-state index contributed by atoms with van der Waals surface area (Å²) in [6, 6.07) is 8.52. The summed E-state index contributed by atoms with van der Waals surface area (Å²) in [6.45, 7) is 2.39. The molecule has 2 fully saturated rings. The first-order valence-electron chi connectivity index (χ1n) is 8.66. The second-order valence-electron chi connectivity index (χ2n) is 6.60.